The summed E-state index contributed by atoms with van der Waals surface area (Å²) in [6.07, 6.45) is 2.90. The number of nitrogens with one attached hydrogen (secondary N) is 1. The first-order valence-electron chi connectivity index (χ1n) is 6.78. The summed E-state index contributed by atoms with van der Waals surface area (Å²) in [5.74, 6) is 0. The molecule has 0 aliphatic carbocycles. The monoisotopic (exact) mass is 251 g/mol. The van der Waals surface area contributed by atoms with Crippen molar-refractivity contribution in [3.8, 4) is 0 Å². The second kappa shape index (κ2) is 4.67. The summed E-state index contributed by atoms with van der Waals surface area (Å²) < 4.78 is 8.12. The average Bonchev–Trinajstić information content (AvgIpc) is 2.76. The Bertz CT molecular complexity index is 409. The van der Waals surface area contributed by atoms with Crippen LogP contribution in [0.15, 0.2) is 12.3 Å². The maximum absolute atomic E-state index is 6.09. The minimum absolute atomic E-state index is 0.0355. The molecule has 4 nitrogen and oxygen atoms in total. The Morgan fingerprint density at radius 3 is 2.72 bits per heavy atom. The molecule has 0 amide bonds. The molecule has 2 rings (SSSR count). The Labute approximate surface area is 110 Å². The number of nitrogens with zero attached hydrogens (tertiary/aromatic N) is 2. The van der Waals surface area contributed by atoms with E-state index in [0.29, 0.717) is 6.04 Å². The van der Waals surface area contributed by atoms with Gasteiger partial charge in [0.05, 0.1) is 16.9 Å². The van der Waals surface area contributed by atoms with E-state index in [2.05, 4.69) is 51.1 Å². The van der Waals surface area contributed by atoms with Crippen LogP contribution in [-0.4, -0.2) is 27.0 Å². The summed E-state index contributed by atoms with van der Waals surface area (Å²) >= 11 is 0. The van der Waals surface area contributed by atoms with Gasteiger partial charge in [-0.05, 0) is 47.1 Å². The van der Waals surface area contributed by atoms with Gasteiger partial charge in [0, 0.05) is 25.3 Å². The van der Waals surface area contributed by atoms with Gasteiger partial charge < -0.3 is 10.1 Å². The van der Waals surface area contributed by atoms with Crippen molar-refractivity contribution >= 4 is 0 Å². The molecule has 0 spiro atoms. The smallest absolute Gasteiger partial charge is 0.0787 e. The fourth-order valence-corrected chi connectivity index (χ4v) is 2.90. The minimum atomic E-state index is -0.111. The molecule has 1 aromatic rings. The summed E-state index contributed by atoms with van der Waals surface area (Å²) in [7, 11) is 0. The van der Waals surface area contributed by atoms with Gasteiger partial charge in [0.15, 0.2) is 0 Å². The van der Waals surface area contributed by atoms with E-state index in [4.69, 9.17) is 4.74 Å². The van der Waals surface area contributed by atoms with Crippen molar-refractivity contribution in [2.75, 3.05) is 0 Å². The number of ether oxygens (including phenoxy) is 1. The van der Waals surface area contributed by atoms with E-state index in [1.54, 1.807) is 0 Å². The molecule has 1 aromatic heterocycles. The topological polar surface area (TPSA) is 39.1 Å². The van der Waals surface area contributed by atoms with Crippen LogP contribution in [0.1, 0.15) is 46.7 Å². The van der Waals surface area contributed by atoms with Gasteiger partial charge in [0.25, 0.3) is 0 Å². The zero-order valence-corrected chi connectivity index (χ0v) is 12.2. The highest BCUT2D eigenvalue weighted by molar-refractivity contribution is 5.04. The van der Waals surface area contributed by atoms with E-state index >= 15 is 0 Å². The normalized spacial score (nSPS) is 25.5. The molecule has 1 saturated heterocycles. The van der Waals surface area contributed by atoms with Crippen LogP contribution in [0.25, 0.3) is 0 Å². The van der Waals surface area contributed by atoms with Gasteiger partial charge in [0.1, 0.15) is 0 Å². The summed E-state index contributed by atoms with van der Waals surface area (Å²) in [6, 6.07) is 2.46. The van der Waals surface area contributed by atoms with Crippen LogP contribution in [0.3, 0.4) is 0 Å². The van der Waals surface area contributed by atoms with Gasteiger partial charge in [0.2, 0.25) is 0 Å². The molecule has 1 atom stereocenters. The van der Waals surface area contributed by atoms with Crippen molar-refractivity contribution in [2.45, 2.75) is 71.4 Å². The number of hydrogen-bond donors (Lipinski definition) is 1. The summed E-state index contributed by atoms with van der Waals surface area (Å²) in [5, 5.41) is 7.91. The first-order valence-corrected chi connectivity index (χ1v) is 6.78. The number of aryl methyl sites for hydroxylation is 1. The van der Waals surface area contributed by atoms with E-state index in [0.717, 1.165) is 19.5 Å². The number of aromatic nitrogens is 2. The van der Waals surface area contributed by atoms with Gasteiger partial charge in [-0.15, -0.1) is 0 Å². The Kier molecular flexibility index (Phi) is 3.52. The molecular formula is C14H25N3O. The number of hydrogen-bond acceptors (Lipinski definition) is 3. The van der Waals surface area contributed by atoms with Crippen LogP contribution in [0.5, 0.6) is 0 Å². The molecule has 0 radical (unpaired) electrons. The lowest BCUT2D eigenvalue weighted by Gasteiger charge is -2.27. The van der Waals surface area contributed by atoms with E-state index < -0.39 is 0 Å². The quantitative estimate of drug-likeness (QED) is 0.892. The third-order valence-electron chi connectivity index (χ3n) is 3.71. The maximum atomic E-state index is 6.09. The van der Waals surface area contributed by atoms with Crippen LogP contribution in [-0.2, 0) is 17.8 Å². The second-order valence-corrected chi connectivity index (χ2v) is 6.24. The lowest BCUT2D eigenvalue weighted by molar-refractivity contribution is -0.0699. The van der Waals surface area contributed by atoms with Gasteiger partial charge in [-0.3, -0.25) is 4.68 Å². The zero-order valence-electron chi connectivity index (χ0n) is 12.2. The third-order valence-corrected chi connectivity index (χ3v) is 3.71. The Morgan fingerprint density at radius 2 is 2.17 bits per heavy atom. The highest BCUT2D eigenvalue weighted by atomic mass is 16.5. The molecule has 102 valence electrons. The second-order valence-electron chi connectivity index (χ2n) is 6.24. The molecule has 0 unspecified atom stereocenters. The molecule has 4 heteroatoms. The Morgan fingerprint density at radius 1 is 1.44 bits per heavy atom. The molecule has 1 aliphatic heterocycles. The van der Waals surface area contributed by atoms with Gasteiger partial charge in [-0.2, -0.15) is 5.10 Å². The van der Waals surface area contributed by atoms with E-state index in [1.807, 2.05) is 10.9 Å². The van der Waals surface area contributed by atoms with E-state index in [1.165, 1.54) is 5.69 Å². The van der Waals surface area contributed by atoms with Crippen LogP contribution < -0.4 is 5.32 Å². The molecule has 0 aromatic carbocycles. The predicted octanol–water partition coefficient (Wildman–Crippen LogP) is 2.34. The largest absolute Gasteiger partial charge is 0.368 e. The summed E-state index contributed by atoms with van der Waals surface area (Å²) in [5.41, 5.74) is 1.09. The van der Waals surface area contributed by atoms with Crippen LogP contribution in [0.4, 0.5) is 0 Å². The van der Waals surface area contributed by atoms with Crippen molar-refractivity contribution in [1.29, 1.82) is 0 Å². The lowest BCUT2D eigenvalue weighted by atomic mass is 9.94. The highest BCUT2D eigenvalue weighted by Crippen LogP contribution is 2.37. The molecule has 0 saturated carbocycles. The standard InChI is InChI=1S/C14H25N3O/c1-6-17-11(7-8-16-17)10-15-12-9-13(2,3)18-14(12,4)5/h7-8,12,15H,6,9-10H2,1-5H3/t12-/m1/s1. The van der Waals surface area contributed by atoms with Crippen molar-refractivity contribution < 1.29 is 4.74 Å². The Hall–Kier alpha value is -0.870. The fraction of sp³-hybridized carbons (Fsp3) is 0.786. The molecule has 1 N–H and O–H groups in total. The Balaban J connectivity index is 1.98. The van der Waals surface area contributed by atoms with Gasteiger partial charge in [-0.1, -0.05) is 0 Å². The lowest BCUT2D eigenvalue weighted by Crippen LogP contribution is -2.43. The average molecular weight is 251 g/mol. The molecular weight excluding hydrogens is 226 g/mol. The number of rotatable bonds is 4. The van der Waals surface area contributed by atoms with E-state index in [9.17, 15) is 0 Å². The minimum Gasteiger partial charge on any atom is -0.368 e. The molecule has 1 fully saturated rings. The molecule has 2 heterocycles. The first kappa shape index (κ1) is 13.6. The van der Waals surface area contributed by atoms with Crippen LogP contribution in [0.2, 0.25) is 0 Å². The SMILES string of the molecule is CCn1nccc1CN[C@@H]1CC(C)(C)OC1(C)C. The van der Waals surface area contributed by atoms with Crippen LogP contribution >= 0.6 is 0 Å². The predicted molar refractivity (Wildman–Crippen MR) is 72.4 cm³/mol. The van der Waals surface area contributed by atoms with Gasteiger partial charge in [-0.25, -0.2) is 0 Å². The van der Waals surface area contributed by atoms with Crippen molar-refractivity contribution in [1.82, 2.24) is 15.1 Å². The molecule has 0 bridgehead atoms. The van der Waals surface area contributed by atoms with Crippen LogP contribution in [0, 0.1) is 0 Å². The van der Waals surface area contributed by atoms with Crippen molar-refractivity contribution in [3.63, 3.8) is 0 Å². The van der Waals surface area contributed by atoms with Crippen molar-refractivity contribution in [2.24, 2.45) is 0 Å². The van der Waals surface area contributed by atoms with Gasteiger partial charge >= 0.3 is 0 Å². The third kappa shape index (κ3) is 2.75. The van der Waals surface area contributed by atoms with E-state index in [-0.39, 0.29) is 11.2 Å². The molecule has 18 heavy (non-hydrogen) atoms. The summed E-state index contributed by atoms with van der Waals surface area (Å²) in [6.45, 7) is 12.5. The zero-order chi connectivity index (χ0) is 13.4. The highest BCUT2D eigenvalue weighted by Gasteiger charge is 2.45. The fourth-order valence-electron chi connectivity index (χ4n) is 2.90. The molecule has 1 aliphatic rings. The summed E-state index contributed by atoms with van der Waals surface area (Å²) in [4.78, 5) is 0. The maximum Gasteiger partial charge on any atom is 0.0787 e. The first-order chi connectivity index (χ1) is 8.34. The van der Waals surface area contributed by atoms with Crippen molar-refractivity contribution in [3.05, 3.63) is 18.0 Å².